The molecular formula is C61H102O23. The maximum absolute atomic E-state index is 13.1. The van der Waals surface area contributed by atoms with Crippen LogP contribution < -0.4 is 0 Å². The third kappa shape index (κ3) is 12.5. The lowest BCUT2D eigenvalue weighted by Gasteiger charge is -2.66. The van der Waals surface area contributed by atoms with Crippen molar-refractivity contribution in [1.29, 1.82) is 0 Å². The van der Waals surface area contributed by atoms with Gasteiger partial charge in [0, 0.05) is 53.9 Å². The number of carbonyl (C=O) groups is 2. The van der Waals surface area contributed by atoms with Crippen LogP contribution >= 0.6 is 0 Å². The molecule has 9 aliphatic rings. The number of carbonyl (C=O) groups excluding carboxylic acids is 2. The van der Waals surface area contributed by atoms with Gasteiger partial charge in [-0.3, -0.25) is 9.59 Å². The summed E-state index contributed by atoms with van der Waals surface area (Å²) in [6, 6.07) is 0. The minimum atomic E-state index is -1.64. The number of hydrogen-bond acceptors (Lipinski definition) is 23. The van der Waals surface area contributed by atoms with Gasteiger partial charge in [0.2, 0.25) is 0 Å². The molecule has 0 aromatic carbocycles. The van der Waals surface area contributed by atoms with E-state index >= 15 is 0 Å². The number of aliphatic hydroxyl groups excluding tert-OH is 4. The fourth-order valence-corrected chi connectivity index (χ4v) is 16.8. The number of methoxy groups -OCH3 is 3. The lowest BCUT2D eigenvalue weighted by Crippen LogP contribution is -2.72. The number of hydrogen-bond donors (Lipinski definition) is 6. The van der Waals surface area contributed by atoms with Crippen molar-refractivity contribution in [3.63, 3.8) is 0 Å². The Morgan fingerprint density at radius 1 is 0.571 bits per heavy atom. The first kappa shape index (κ1) is 66.6. The third-order valence-corrected chi connectivity index (χ3v) is 22.1. The van der Waals surface area contributed by atoms with Crippen molar-refractivity contribution in [1.82, 2.24) is 0 Å². The molecule has 4 saturated carbocycles. The summed E-state index contributed by atoms with van der Waals surface area (Å²) in [6.45, 7) is 19.8. The molecule has 5 heterocycles. The summed E-state index contributed by atoms with van der Waals surface area (Å²) in [6.07, 6.45) is -11.9. The zero-order valence-corrected chi connectivity index (χ0v) is 52.0. The van der Waals surface area contributed by atoms with E-state index in [9.17, 15) is 40.2 Å². The first-order valence-electron chi connectivity index (χ1n) is 31.3. The summed E-state index contributed by atoms with van der Waals surface area (Å²) in [7, 11) is 4.55. The van der Waals surface area contributed by atoms with E-state index in [0.29, 0.717) is 19.3 Å². The monoisotopic (exact) mass is 1200 g/mol. The van der Waals surface area contributed by atoms with Crippen LogP contribution in [0.3, 0.4) is 0 Å². The highest BCUT2D eigenvalue weighted by Gasteiger charge is 2.77. The lowest BCUT2D eigenvalue weighted by atomic mass is 9.42. The van der Waals surface area contributed by atoms with Crippen molar-refractivity contribution in [3.8, 4) is 0 Å². The van der Waals surface area contributed by atoms with Crippen LogP contribution in [-0.2, 0) is 80.6 Å². The average molecular weight is 1200 g/mol. The van der Waals surface area contributed by atoms with Crippen LogP contribution in [0, 0.1) is 34.5 Å². The molecule has 1 unspecified atom stereocenters. The maximum Gasteiger partial charge on any atom is 0.309 e. The van der Waals surface area contributed by atoms with Gasteiger partial charge in [0.05, 0.1) is 78.0 Å². The van der Waals surface area contributed by atoms with Gasteiger partial charge >= 0.3 is 11.9 Å². The number of rotatable bonds is 18. The first-order valence-corrected chi connectivity index (χ1v) is 31.3. The van der Waals surface area contributed by atoms with Crippen LogP contribution in [0.5, 0.6) is 0 Å². The van der Waals surface area contributed by atoms with Gasteiger partial charge in [-0.1, -0.05) is 27.7 Å². The molecule has 5 saturated heterocycles. The predicted octanol–water partition coefficient (Wildman–Crippen LogP) is 4.09. The van der Waals surface area contributed by atoms with Gasteiger partial charge in [0.15, 0.2) is 31.5 Å². The maximum atomic E-state index is 13.1. The molecule has 6 N–H and O–H groups in total. The largest absolute Gasteiger partial charge is 0.462 e. The molecule has 4 aliphatic carbocycles. The second-order valence-electron chi connectivity index (χ2n) is 26.8. The molecular weight excluding hydrogens is 1100 g/mol. The second kappa shape index (κ2) is 26.6. The molecule has 0 radical (unpaired) electrons. The van der Waals surface area contributed by atoms with Crippen LogP contribution in [0.2, 0.25) is 0 Å². The number of ether oxygens (including phenoxy) is 15. The highest BCUT2D eigenvalue weighted by Crippen LogP contribution is 2.71. The van der Waals surface area contributed by atoms with E-state index < -0.39 is 170 Å². The number of aliphatic hydroxyl groups is 6. The molecule has 9 fully saturated rings. The Morgan fingerprint density at radius 2 is 1.10 bits per heavy atom. The molecule has 5 aliphatic heterocycles. The Bertz CT molecular complexity index is 2170. The Labute approximate surface area is 495 Å². The van der Waals surface area contributed by atoms with Crippen molar-refractivity contribution in [2.75, 3.05) is 21.3 Å². The predicted molar refractivity (Wildman–Crippen MR) is 295 cm³/mol. The van der Waals surface area contributed by atoms with E-state index in [4.69, 9.17) is 71.1 Å². The van der Waals surface area contributed by atoms with Crippen LogP contribution in [0.1, 0.15) is 160 Å². The molecule has 23 heteroatoms. The number of esters is 2. The fourth-order valence-electron chi connectivity index (χ4n) is 16.8. The fraction of sp³-hybridized carbons (Fsp3) is 0.967. The lowest BCUT2D eigenvalue weighted by molar-refractivity contribution is -0.357. The van der Waals surface area contributed by atoms with Gasteiger partial charge in [0.1, 0.15) is 60.5 Å². The summed E-state index contributed by atoms with van der Waals surface area (Å²) in [5.41, 5.74) is -4.54. The van der Waals surface area contributed by atoms with E-state index in [1.165, 1.54) is 14.0 Å². The summed E-state index contributed by atoms with van der Waals surface area (Å²) >= 11 is 0. The molecule has 9 rings (SSSR count). The Kier molecular flexibility index (Phi) is 21.1. The zero-order chi connectivity index (χ0) is 61.1. The summed E-state index contributed by atoms with van der Waals surface area (Å²) in [4.78, 5) is 25.9. The minimum absolute atomic E-state index is 0.0133. The van der Waals surface area contributed by atoms with Crippen molar-refractivity contribution in [3.05, 3.63) is 0 Å². The van der Waals surface area contributed by atoms with Gasteiger partial charge < -0.3 is 102 Å². The van der Waals surface area contributed by atoms with Crippen molar-refractivity contribution >= 4 is 11.9 Å². The molecule has 0 aromatic rings. The summed E-state index contributed by atoms with van der Waals surface area (Å²) in [5.74, 6) is -1.21. The van der Waals surface area contributed by atoms with Gasteiger partial charge in [-0.2, -0.15) is 0 Å². The Morgan fingerprint density at radius 3 is 1.62 bits per heavy atom. The van der Waals surface area contributed by atoms with E-state index in [2.05, 4.69) is 6.92 Å². The average Bonchev–Trinajstić information content (AvgIpc) is 1.40. The van der Waals surface area contributed by atoms with Crippen LogP contribution in [-0.4, -0.2) is 223 Å². The zero-order valence-electron chi connectivity index (χ0n) is 52.0. The molecule has 484 valence electrons. The third-order valence-electron chi connectivity index (χ3n) is 22.1. The second-order valence-corrected chi connectivity index (χ2v) is 26.8. The Balaban J connectivity index is 0.740. The summed E-state index contributed by atoms with van der Waals surface area (Å²) in [5, 5.41) is 70.3. The van der Waals surface area contributed by atoms with Gasteiger partial charge in [-0.15, -0.1) is 0 Å². The van der Waals surface area contributed by atoms with Gasteiger partial charge in [-0.25, -0.2) is 0 Å². The highest BCUT2D eigenvalue weighted by atomic mass is 16.8. The standard InChI is InChI=1S/C61H102O23/c1-15-28(2)56(67)78-34(8)60(68)20-21-61(69)38-17-16-36-22-37(18-19-58(36,10)39(38)23-44(59(60,61)11)79-35(9)62)80-45-24-40(63)51(30(4)73-45)81-46-25-41(64)52(31(5)74-46)82-47-26-42(70-12)53(32(6)75-47)83-48-27-43(71-13)54(33(7)76-48)84-57-50(66)55(72-14)49(65)29(3)77-57/h28-34,36-55,57,63-66,68-69H,15-27H2,1-14H3/t28?,29-,30-,31-,32-,33-,34-,36+,37+,38-,39+,40+,41+,42-,43-,44-,45+,46+,47+,48+,49-,50-,51-,52-,53-,54-,55+,57+,58+,59-,60-,61+/m1/s1. The van der Waals surface area contributed by atoms with Gasteiger partial charge in [0.25, 0.3) is 0 Å². The molecule has 0 amide bonds. The first-order chi connectivity index (χ1) is 39.6. The quantitative estimate of drug-likeness (QED) is 0.0832. The minimum Gasteiger partial charge on any atom is -0.462 e. The molecule has 0 aromatic heterocycles. The Hall–Kier alpha value is -1.82. The van der Waals surface area contributed by atoms with Crippen molar-refractivity contribution in [2.45, 2.75) is 318 Å². The topological polar surface area (TPSA) is 294 Å². The molecule has 0 spiro atoms. The molecule has 0 bridgehead atoms. The van der Waals surface area contributed by atoms with E-state index in [0.717, 1.165) is 25.7 Å². The van der Waals surface area contributed by atoms with Crippen molar-refractivity contribution in [2.24, 2.45) is 34.5 Å². The SMILES string of the molecule is CCC(C)C(=O)O[C@H](C)[C@]1(O)CC[C@]2(O)[C@@H]3CC[C@H]4C[C@@H](O[C@H]5C[C@H](O)[C@H](O[C@H]6C[C@H](O)[C@H](O[C@H]7C[C@@H](OC)[C@H](O[C@H]8C[C@@H](OC)[C@H](O[C@@H]9O[C@H](C)[C@@H](O)[C@H](OC)[C@H]9O)[C@@H](C)O8)[C@@H](C)O7)[C@@H](C)O6)[C@@H](C)O5)CC[C@]4(C)[C@H]3C[C@@H](OC(C)=O)[C@]12C. The van der Waals surface area contributed by atoms with Crippen molar-refractivity contribution < 1.29 is 111 Å². The van der Waals surface area contributed by atoms with Crippen LogP contribution in [0.15, 0.2) is 0 Å². The van der Waals surface area contributed by atoms with Gasteiger partial charge in [-0.05, 0) is 122 Å². The van der Waals surface area contributed by atoms with Crippen LogP contribution in [0.25, 0.3) is 0 Å². The molecule has 23 nitrogen and oxygen atoms in total. The molecule has 84 heavy (non-hydrogen) atoms. The smallest absolute Gasteiger partial charge is 0.309 e. The molecule has 32 atom stereocenters. The van der Waals surface area contributed by atoms with E-state index in [1.54, 1.807) is 41.9 Å². The normalized spacial score (nSPS) is 51.4. The summed E-state index contributed by atoms with van der Waals surface area (Å²) < 4.78 is 92.7. The van der Waals surface area contributed by atoms with Crippen LogP contribution in [0.4, 0.5) is 0 Å². The highest BCUT2D eigenvalue weighted by molar-refractivity contribution is 5.72. The number of fused-ring (bicyclic) bond motifs is 5. The van der Waals surface area contributed by atoms with E-state index in [1.807, 2.05) is 34.6 Å². The van der Waals surface area contributed by atoms with E-state index in [-0.39, 0.29) is 73.7 Å².